The van der Waals surface area contributed by atoms with Crippen molar-refractivity contribution in [1.82, 2.24) is 4.90 Å². The van der Waals surface area contributed by atoms with Gasteiger partial charge in [-0.25, -0.2) is 8.78 Å². The van der Waals surface area contributed by atoms with Crippen LogP contribution in [0.15, 0.2) is 24.3 Å². The van der Waals surface area contributed by atoms with Gasteiger partial charge in [0.1, 0.15) is 41.9 Å². The number of piperidine rings is 1. The van der Waals surface area contributed by atoms with Crippen molar-refractivity contribution in [2.45, 2.75) is 31.3 Å². The zero-order chi connectivity index (χ0) is 25.2. The second-order valence-corrected chi connectivity index (χ2v) is 9.74. The molecule has 0 aromatic heterocycles. The molecule has 2 aliphatic rings. The van der Waals surface area contributed by atoms with E-state index in [2.05, 4.69) is 5.32 Å². The van der Waals surface area contributed by atoms with Crippen LogP contribution in [0.3, 0.4) is 0 Å². The second kappa shape index (κ2) is 10.6. The maximum Gasteiger partial charge on any atom is 0.224 e. The van der Waals surface area contributed by atoms with Crippen LogP contribution >= 0.6 is 11.6 Å². The number of rotatable bonds is 8. The van der Waals surface area contributed by atoms with Gasteiger partial charge in [-0.15, -0.1) is 0 Å². The van der Waals surface area contributed by atoms with E-state index in [1.807, 2.05) is 23.9 Å². The molecule has 1 amide bonds. The molecule has 2 aliphatic heterocycles. The first-order chi connectivity index (χ1) is 16.6. The first kappa shape index (κ1) is 25.5. The van der Waals surface area contributed by atoms with E-state index in [1.54, 1.807) is 6.07 Å². The second-order valence-electron chi connectivity index (χ2n) is 9.33. The van der Waals surface area contributed by atoms with Crippen LogP contribution in [0.2, 0.25) is 5.02 Å². The van der Waals surface area contributed by atoms with Crippen LogP contribution in [0.25, 0.3) is 0 Å². The first-order valence-corrected chi connectivity index (χ1v) is 12.0. The summed E-state index contributed by atoms with van der Waals surface area (Å²) in [5.74, 6) is -0.331. The lowest BCUT2D eigenvalue weighted by molar-refractivity contribution is -0.116. The number of likely N-dealkylation sites (N-methyl/N-ethyl adjacent to an activating group) is 1. The lowest BCUT2D eigenvalue weighted by atomic mass is 9.92. The van der Waals surface area contributed by atoms with Crippen LogP contribution in [0.1, 0.15) is 24.8 Å². The minimum atomic E-state index is -1.12. The van der Waals surface area contributed by atoms with Gasteiger partial charge in [0, 0.05) is 37.7 Å². The minimum Gasteiger partial charge on any atom is -0.491 e. The Balaban J connectivity index is 1.39. The molecule has 1 saturated heterocycles. The lowest BCUT2D eigenvalue weighted by Gasteiger charge is -2.39. The van der Waals surface area contributed by atoms with E-state index in [0.29, 0.717) is 68.3 Å². The number of carbonyl (C=O) groups is 1. The molecule has 35 heavy (non-hydrogen) atoms. The largest absolute Gasteiger partial charge is 0.491 e. The number of anilines is 2. The summed E-state index contributed by atoms with van der Waals surface area (Å²) in [4.78, 5) is 15.5. The van der Waals surface area contributed by atoms with Gasteiger partial charge < -0.3 is 29.7 Å². The summed E-state index contributed by atoms with van der Waals surface area (Å²) in [6, 6.07) is 5.62. The molecular formula is C25H30ClF2N3O4. The van der Waals surface area contributed by atoms with Gasteiger partial charge in [-0.05, 0) is 51.6 Å². The molecular weight excluding hydrogens is 480 g/mol. The molecule has 2 aromatic rings. The Labute approximate surface area is 208 Å². The highest BCUT2D eigenvalue weighted by atomic mass is 35.5. The van der Waals surface area contributed by atoms with Crippen LogP contribution in [-0.4, -0.2) is 68.5 Å². The molecule has 7 nitrogen and oxygen atoms in total. The fourth-order valence-electron chi connectivity index (χ4n) is 4.29. The Morgan fingerprint density at radius 1 is 1.11 bits per heavy atom. The number of hydrogen-bond donors (Lipinski definition) is 2. The van der Waals surface area contributed by atoms with Crippen LogP contribution in [0.5, 0.6) is 11.5 Å². The van der Waals surface area contributed by atoms with Gasteiger partial charge >= 0.3 is 0 Å². The molecule has 10 heteroatoms. The molecule has 0 bridgehead atoms. The summed E-state index contributed by atoms with van der Waals surface area (Å²) in [5, 5.41) is 13.9. The zero-order valence-electron chi connectivity index (χ0n) is 19.9. The molecule has 190 valence electrons. The smallest absolute Gasteiger partial charge is 0.224 e. The SMILES string of the molecule is CN(C)CCOc1cc(N2CCC(O)(COc3ccc(F)c4c3CCC(=O)N4)CC2)c(F)cc1Cl. The van der Waals surface area contributed by atoms with Crippen molar-refractivity contribution in [2.75, 3.05) is 57.2 Å². The molecule has 1 fully saturated rings. The van der Waals surface area contributed by atoms with Crippen molar-refractivity contribution in [3.8, 4) is 11.5 Å². The Kier molecular flexibility index (Phi) is 7.68. The van der Waals surface area contributed by atoms with Gasteiger partial charge in [-0.1, -0.05) is 11.6 Å². The molecule has 0 spiro atoms. The van der Waals surface area contributed by atoms with E-state index in [4.69, 9.17) is 21.1 Å². The number of aliphatic hydroxyl groups is 1. The third-order valence-corrected chi connectivity index (χ3v) is 6.71. The van der Waals surface area contributed by atoms with Gasteiger partial charge in [0.15, 0.2) is 0 Å². The minimum absolute atomic E-state index is 0.00879. The maximum atomic E-state index is 14.7. The predicted octanol–water partition coefficient (Wildman–Crippen LogP) is 3.85. The number of hydrogen-bond acceptors (Lipinski definition) is 6. The Hall–Kier alpha value is -2.62. The number of halogens is 3. The monoisotopic (exact) mass is 509 g/mol. The van der Waals surface area contributed by atoms with Gasteiger partial charge in [-0.3, -0.25) is 4.79 Å². The van der Waals surface area contributed by atoms with Crippen molar-refractivity contribution < 1.29 is 28.2 Å². The standard InChI is InChI=1S/C25H30ClF2N3O4/c1-30(2)11-12-34-22-14-20(19(28)13-17(22)26)31-9-7-25(33,8-10-31)15-35-21-5-4-18(27)24-16(21)3-6-23(32)29-24/h4-5,13-14,33H,3,6-12,15H2,1-2H3,(H,29,32). The summed E-state index contributed by atoms with van der Waals surface area (Å²) in [5.41, 5.74) is -0.0116. The molecule has 2 N–H and O–H groups in total. The average molecular weight is 510 g/mol. The highest BCUT2D eigenvalue weighted by Crippen LogP contribution is 2.37. The van der Waals surface area contributed by atoms with Gasteiger partial charge in [-0.2, -0.15) is 0 Å². The van der Waals surface area contributed by atoms with Gasteiger partial charge in [0.05, 0.1) is 16.4 Å². The number of amides is 1. The van der Waals surface area contributed by atoms with Gasteiger partial charge in [0.25, 0.3) is 0 Å². The fraction of sp³-hybridized carbons (Fsp3) is 0.480. The molecule has 2 heterocycles. The summed E-state index contributed by atoms with van der Waals surface area (Å²) in [7, 11) is 3.87. The van der Waals surface area contributed by atoms with E-state index in [-0.39, 0.29) is 29.6 Å². The number of nitrogens with one attached hydrogen (secondary N) is 1. The summed E-state index contributed by atoms with van der Waals surface area (Å²) >= 11 is 6.17. The summed E-state index contributed by atoms with van der Waals surface area (Å²) < 4.78 is 40.5. The van der Waals surface area contributed by atoms with E-state index in [9.17, 15) is 18.7 Å². The number of carbonyl (C=O) groups excluding carboxylic acids is 1. The molecule has 0 aliphatic carbocycles. The van der Waals surface area contributed by atoms with Crippen molar-refractivity contribution >= 4 is 28.9 Å². The van der Waals surface area contributed by atoms with E-state index >= 15 is 0 Å². The first-order valence-electron chi connectivity index (χ1n) is 11.6. The van der Waals surface area contributed by atoms with Crippen LogP contribution in [-0.2, 0) is 11.2 Å². The molecule has 0 atom stereocenters. The number of ether oxygens (including phenoxy) is 2. The normalized spacial score (nSPS) is 17.2. The maximum absolute atomic E-state index is 14.7. The highest BCUT2D eigenvalue weighted by Gasteiger charge is 2.35. The predicted molar refractivity (Wildman–Crippen MR) is 131 cm³/mol. The molecule has 2 aromatic carbocycles. The van der Waals surface area contributed by atoms with Crippen LogP contribution in [0, 0.1) is 11.6 Å². The third-order valence-electron chi connectivity index (χ3n) is 6.41. The molecule has 4 rings (SSSR count). The quantitative estimate of drug-likeness (QED) is 0.563. The van der Waals surface area contributed by atoms with Crippen molar-refractivity contribution in [3.05, 3.63) is 46.5 Å². The Morgan fingerprint density at radius 2 is 1.86 bits per heavy atom. The summed E-state index contributed by atoms with van der Waals surface area (Å²) in [6.45, 7) is 1.95. The van der Waals surface area contributed by atoms with E-state index in [1.165, 1.54) is 18.2 Å². The molecule has 0 unspecified atom stereocenters. The third kappa shape index (κ3) is 5.97. The average Bonchev–Trinajstić information content (AvgIpc) is 2.81. The number of benzene rings is 2. The summed E-state index contributed by atoms with van der Waals surface area (Å²) in [6.07, 6.45) is 1.33. The van der Waals surface area contributed by atoms with Gasteiger partial charge in [0.2, 0.25) is 5.91 Å². The molecule has 0 saturated carbocycles. The number of fused-ring (bicyclic) bond motifs is 1. The Bertz CT molecular complexity index is 1090. The zero-order valence-corrected chi connectivity index (χ0v) is 20.6. The molecule has 0 radical (unpaired) electrons. The van der Waals surface area contributed by atoms with Crippen molar-refractivity contribution in [2.24, 2.45) is 0 Å². The highest BCUT2D eigenvalue weighted by molar-refractivity contribution is 6.32. The Morgan fingerprint density at radius 3 is 2.57 bits per heavy atom. The number of nitrogens with zero attached hydrogens (tertiary/aromatic N) is 2. The van der Waals surface area contributed by atoms with Crippen LogP contribution in [0.4, 0.5) is 20.2 Å². The van der Waals surface area contributed by atoms with Crippen molar-refractivity contribution in [3.63, 3.8) is 0 Å². The van der Waals surface area contributed by atoms with E-state index < -0.39 is 17.2 Å². The van der Waals surface area contributed by atoms with Crippen LogP contribution < -0.4 is 19.7 Å². The topological polar surface area (TPSA) is 74.3 Å². The van der Waals surface area contributed by atoms with Crippen molar-refractivity contribution in [1.29, 1.82) is 0 Å². The van der Waals surface area contributed by atoms with E-state index in [0.717, 1.165) is 0 Å². The fourth-order valence-corrected chi connectivity index (χ4v) is 4.49. The lowest BCUT2D eigenvalue weighted by Crippen LogP contribution is -2.48.